The maximum atomic E-state index is 7.17. The van der Waals surface area contributed by atoms with Crippen molar-refractivity contribution < 1.29 is 4.57 Å². The first kappa shape index (κ1) is 10.3. The van der Waals surface area contributed by atoms with Gasteiger partial charge in [0.1, 0.15) is 0 Å². The fraction of sp³-hybridized carbons (Fsp3) is 0.0588. The van der Waals surface area contributed by atoms with Crippen molar-refractivity contribution in [3.8, 4) is 11.3 Å². The average molecular weight is 243 g/mol. The van der Waals surface area contributed by atoms with Gasteiger partial charge >= 0.3 is 0 Å². The Bertz CT molecular complexity index is 857. The zero-order valence-corrected chi connectivity index (χ0v) is 10.3. The van der Waals surface area contributed by atoms with Crippen LogP contribution < -0.4 is 4.57 Å². The van der Waals surface area contributed by atoms with Gasteiger partial charge in [0, 0.05) is 17.7 Å². The maximum Gasteiger partial charge on any atom is 0.203 e. The van der Waals surface area contributed by atoms with Gasteiger partial charge in [0.05, 0.1) is 12.1 Å². The molecule has 1 aliphatic heterocycles. The summed E-state index contributed by atoms with van der Waals surface area (Å²) in [6.45, 7) is 8.07. The van der Waals surface area contributed by atoms with Crippen LogP contribution in [0.25, 0.3) is 26.9 Å². The summed E-state index contributed by atoms with van der Waals surface area (Å²) in [5, 5.41) is 2.52. The van der Waals surface area contributed by atoms with Crippen LogP contribution in [0.15, 0.2) is 54.7 Å². The highest BCUT2D eigenvalue weighted by Gasteiger charge is 2.27. The predicted octanol–water partition coefficient (Wildman–Crippen LogP) is 3.71. The van der Waals surface area contributed by atoms with Crippen LogP contribution in [0.5, 0.6) is 0 Å². The fourth-order valence-corrected chi connectivity index (χ4v) is 2.88. The van der Waals surface area contributed by atoms with E-state index in [1.165, 1.54) is 21.9 Å². The van der Waals surface area contributed by atoms with Gasteiger partial charge in [-0.2, -0.15) is 4.57 Å². The molecule has 3 aromatic rings. The lowest BCUT2D eigenvalue weighted by atomic mass is 9.98. The van der Waals surface area contributed by atoms with Crippen LogP contribution in [0.1, 0.15) is 5.56 Å². The first-order chi connectivity index (χ1) is 9.36. The van der Waals surface area contributed by atoms with E-state index in [2.05, 4.69) is 45.8 Å². The summed E-state index contributed by atoms with van der Waals surface area (Å²) in [4.78, 5) is 3.54. The Morgan fingerprint density at radius 3 is 2.84 bits per heavy atom. The van der Waals surface area contributed by atoms with Crippen LogP contribution in [-0.4, -0.2) is 0 Å². The van der Waals surface area contributed by atoms with E-state index in [-0.39, 0.29) is 0 Å². The van der Waals surface area contributed by atoms with Crippen molar-refractivity contribution in [3.63, 3.8) is 0 Å². The number of aromatic nitrogens is 1. The molecule has 19 heavy (non-hydrogen) atoms. The van der Waals surface area contributed by atoms with Crippen molar-refractivity contribution in [2.24, 2.45) is 0 Å². The molecule has 2 heterocycles. The van der Waals surface area contributed by atoms with Gasteiger partial charge in [-0.1, -0.05) is 36.4 Å². The number of hydrogen-bond acceptors (Lipinski definition) is 0. The molecule has 0 fully saturated rings. The highest BCUT2D eigenvalue weighted by Crippen LogP contribution is 2.35. The Hall–Kier alpha value is -2.66. The quantitative estimate of drug-likeness (QED) is 0.329. The molecule has 2 aromatic carbocycles. The molecule has 2 nitrogen and oxygen atoms in total. The molecular weight excluding hydrogens is 232 g/mol. The molecule has 1 aromatic heterocycles. The molecule has 0 radical (unpaired) electrons. The summed E-state index contributed by atoms with van der Waals surface area (Å²) < 4.78 is 2.21. The Morgan fingerprint density at radius 2 is 1.95 bits per heavy atom. The minimum atomic E-state index is 0.701. The van der Waals surface area contributed by atoms with Gasteiger partial charge in [-0.25, -0.2) is 4.85 Å². The summed E-state index contributed by atoms with van der Waals surface area (Å²) in [6, 6.07) is 16.7. The van der Waals surface area contributed by atoms with E-state index in [9.17, 15) is 0 Å². The summed E-state index contributed by atoms with van der Waals surface area (Å²) in [7, 11) is 0. The lowest BCUT2D eigenvalue weighted by molar-refractivity contribution is -0.672. The molecule has 4 rings (SSSR count). The van der Waals surface area contributed by atoms with Crippen LogP contribution in [0.3, 0.4) is 0 Å². The van der Waals surface area contributed by atoms with Crippen LogP contribution in [0.2, 0.25) is 0 Å². The third-order valence-electron chi connectivity index (χ3n) is 3.76. The van der Waals surface area contributed by atoms with Gasteiger partial charge < -0.3 is 0 Å². The van der Waals surface area contributed by atoms with E-state index in [0.717, 1.165) is 12.2 Å². The number of rotatable bonds is 0. The van der Waals surface area contributed by atoms with Crippen LogP contribution >= 0.6 is 0 Å². The minimum absolute atomic E-state index is 0.701. The Morgan fingerprint density at radius 1 is 1.05 bits per heavy atom. The molecule has 0 spiro atoms. The third-order valence-corrected chi connectivity index (χ3v) is 3.76. The topological polar surface area (TPSA) is 8.24 Å². The second-order valence-electron chi connectivity index (χ2n) is 4.83. The molecule has 0 N–H and O–H groups in total. The molecule has 0 atom stereocenters. The normalized spacial score (nSPS) is 11.9. The highest BCUT2D eigenvalue weighted by atomic mass is 15.0. The molecule has 1 aliphatic rings. The summed E-state index contributed by atoms with van der Waals surface area (Å²) in [5.74, 6) is 0. The second kappa shape index (κ2) is 3.66. The van der Waals surface area contributed by atoms with E-state index < -0.39 is 0 Å². The zero-order chi connectivity index (χ0) is 12.8. The molecular formula is C17H11N2+. The van der Waals surface area contributed by atoms with Crippen molar-refractivity contribution in [2.75, 3.05) is 0 Å². The number of benzene rings is 2. The lowest BCUT2D eigenvalue weighted by Gasteiger charge is -2.02. The lowest BCUT2D eigenvalue weighted by Crippen LogP contribution is -2.31. The van der Waals surface area contributed by atoms with Crippen molar-refractivity contribution >= 4 is 16.5 Å². The van der Waals surface area contributed by atoms with Gasteiger partial charge in [-0.15, -0.1) is 0 Å². The molecule has 0 saturated heterocycles. The van der Waals surface area contributed by atoms with Crippen LogP contribution in [0, 0.1) is 6.57 Å². The largest absolute Gasteiger partial charge is 0.238 e. The predicted molar refractivity (Wildman–Crippen MR) is 74.9 cm³/mol. The number of fused-ring (bicyclic) bond motifs is 5. The van der Waals surface area contributed by atoms with E-state index in [1.54, 1.807) is 0 Å². The Kier molecular flexibility index (Phi) is 1.98. The molecule has 0 amide bonds. The van der Waals surface area contributed by atoms with Crippen molar-refractivity contribution in [1.29, 1.82) is 0 Å². The number of nitrogens with zero attached hydrogens (tertiary/aromatic N) is 2. The Labute approximate surface area is 111 Å². The summed E-state index contributed by atoms with van der Waals surface area (Å²) in [6.07, 6.45) is 2.01. The van der Waals surface area contributed by atoms with Gasteiger partial charge in [0.25, 0.3) is 0 Å². The molecule has 0 bridgehead atoms. The first-order valence-corrected chi connectivity index (χ1v) is 6.29. The standard InChI is InChI=1S/C17H11N2/c1-18-14-8-9-19-11-13-7-6-12-4-2-3-5-15(12)17(13)16(19)10-14/h2-10H,11H2/q+1. The maximum absolute atomic E-state index is 7.17. The number of hydrogen-bond donors (Lipinski definition) is 0. The molecule has 0 saturated carbocycles. The molecule has 88 valence electrons. The third kappa shape index (κ3) is 1.39. The average Bonchev–Trinajstić information content (AvgIpc) is 2.85. The van der Waals surface area contributed by atoms with Crippen LogP contribution in [-0.2, 0) is 6.54 Å². The Balaban J connectivity index is 2.12. The highest BCUT2D eigenvalue weighted by molar-refractivity contribution is 5.97. The molecule has 0 unspecified atom stereocenters. The molecule has 2 heteroatoms. The smallest absolute Gasteiger partial charge is 0.203 e. The second-order valence-corrected chi connectivity index (χ2v) is 4.83. The van der Waals surface area contributed by atoms with Crippen molar-refractivity contribution in [2.45, 2.75) is 6.54 Å². The first-order valence-electron chi connectivity index (χ1n) is 6.29. The van der Waals surface area contributed by atoms with E-state index in [4.69, 9.17) is 6.57 Å². The summed E-state index contributed by atoms with van der Waals surface area (Å²) >= 11 is 0. The molecule has 0 aliphatic carbocycles. The minimum Gasteiger partial charge on any atom is -0.238 e. The van der Waals surface area contributed by atoms with Crippen molar-refractivity contribution in [1.82, 2.24) is 0 Å². The van der Waals surface area contributed by atoms with Crippen molar-refractivity contribution in [3.05, 3.63) is 71.7 Å². The van der Waals surface area contributed by atoms with E-state index in [0.29, 0.717) is 5.69 Å². The SMILES string of the molecule is [C-]#[N+]c1cc[n+]2c(c1)-c1c(ccc3ccccc13)C2. The zero-order valence-electron chi connectivity index (χ0n) is 10.3. The van der Waals surface area contributed by atoms with Gasteiger partial charge in [0.15, 0.2) is 18.4 Å². The van der Waals surface area contributed by atoms with E-state index >= 15 is 0 Å². The number of pyridine rings is 1. The van der Waals surface area contributed by atoms with Crippen LogP contribution in [0.4, 0.5) is 5.69 Å². The van der Waals surface area contributed by atoms with E-state index in [1.807, 2.05) is 18.3 Å². The van der Waals surface area contributed by atoms with Gasteiger partial charge in [0.2, 0.25) is 5.69 Å². The monoisotopic (exact) mass is 243 g/mol. The van der Waals surface area contributed by atoms with Gasteiger partial charge in [-0.3, -0.25) is 0 Å². The fourth-order valence-electron chi connectivity index (χ4n) is 2.88. The summed E-state index contributed by atoms with van der Waals surface area (Å²) in [5.41, 5.74) is 4.47. The van der Waals surface area contributed by atoms with Gasteiger partial charge in [-0.05, 0) is 10.8 Å².